The number of anilines is 1. The Morgan fingerprint density at radius 2 is 1.83 bits per heavy atom. The number of methoxy groups -OCH3 is 1. The number of rotatable bonds is 7. The summed E-state index contributed by atoms with van der Waals surface area (Å²) in [4.78, 5) is 27.3. The summed E-state index contributed by atoms with van der Waals surface area (Å²) in [5, 5.41) is 3.07. The fourth-order valence-electron chi connectivity index (χ4n) is 3.83. The topological polar surface area (TPSA) is 67.9 Å². The van der Waals surface area contributed by atoms with Crippen molar-refractivity contribution >= 4 is 17.5 Å². The minimum Gasteiger partial charge on any atom is -0.495 e. The molecule has 2 aromatic carbocycles. The second kappa shape index (κ2) is 9.20. The molecule has 2 amide bonds. The number of carbonyl (C=O) groups excluding carboxylic acids is 2. The molecule has 1 saturated heterocycles. The van der Waals surface area contributed by atoms with E-state index in [0.717, 1.165) is 22.4 Å². The van der Waals surface area contributed by atoms with Crippen LogP contribution in [0.3, 0.4) is 0 Å². The lowest BCUT2D eigenvalue weighted by Crippen LogP contribution is -2.34. The van der Waals surface area contributed by atoms with Crippen molar-refractivity contribution in [3.63, 3.8) is 0 Å². The number of benzene rings is 2. The molecule has 0 bridgehead atoms. The summed E-state index contributed by atoms with van der Waals surface area (Å²) in [5.41, 5.74) is 3.78. The maximum atomic E-state index is 13.0. The van der Waals surface area contributed by atoms with E-state index in [0.29, 0.717) is 24.6 Å². The second-order valence-corrected chi connectivity index (χ2v) is 7.79. The van der Waals surface area contributed by atoms with Gasteiger partial charge in [-0.25, -0.2) is 0 Å². The van der Waals surface area contributed by atoms with Crippen molar-refractivity contribution in [3.05, 3.63) is 53.1 Å². The molecule has 1 aliphatic heterocycles. The SMILES string of the molecule is CCOc1ccc(C)cc1C(C)NC(=O)C1CC(=O)N(c2cc(C)ccc2OC)C1. The summed E-state index contributed by atoms with van der Waals surface area (Å²) in [6, 6.07) is 11.4. The smallest absolute Gasteiger partial charge is 0.227 e. The molecule has 160 valence electrons. The Kier molecular flexibility index (Phi) is 6.65. The van der Waals surface area contributed by atoms with Gasteiger partial charge in [-0.05, 0) is 51.5 Å². The summed E-state index contributed by atoms with van der Waals surface area (Å²) in [5.74, 6) is 0.783. The van der Waals surface area contributed by atoms with Gasteiger partial charge in [0, 0.05) is 18.5 Å². The Balaban J connectivity index is 1.74. The number of carbonyl (C=O) groups is 2. The highest BCUT2D eigenvalue weighted by molar-refractivity contribution is 6.01. The van der Waals surface area contributed by atoms with Crippen LogP contribution in [-0.2, 0) is 9.59 Å². The molecule has 0 aliphatic carbocycles. The highest BCUT2D eigenvalue weighted by Crippen LogP contribution is 2.34. The monoisotopic (exact) mass is 410 g/mol. The van der Waals surface area contributed by atoms with Crippen molar-refractivity contribution in [2.75, 3.05) is 25.2 Å². The Labute approximate surface area is 178 Å². The number of ether oxygens (including phenoxy) is 2. The third kappa shape index (κ3) is 4.58. The van der Waals surface area contributed by atoms with Gasteiger partial charge in [0.2, 0.25) is 11.8 Å². The van der Waals surface area contributed by atoms with E-state index in [1.54, 1.807) is 12.0 Å². The van der Waals surface area contributed by atoms with Crippen LogP contribution < -0.4 is 19.7 Å². The van der Waals surface area contributed by atoms with Crippen molar-refractivity contribution in [3.8, 4) is 11.5 Å². The van der Waals surface area contributed by atoms with Gasteiger partial charge in [0.25, 0.3) is 0 Å². The maximum Gasteiger partial charge on any atom is 0.227 e. The Bertz CT molecular complexity index is 941. The summed E-state index contributed by atoms with van der Waals surface area (Å²) in [6.07, 6.45) is 0.182. The first kappa shape index (κ1) is 21.7. The molecule has 2 atom stereocenters. The van der Waals surface area contributed by atoms with Crippen molar-refractivity contribution in [2.24, 2.45) is 5.92 Å². The van der Waals surface area contributed by atoms with Crippen LogP contribution >= 0.6 is 0 Å². The predicted octanol–water partition coefficient (Wildman–Crippen LogP) is 3.94. The average Bonchev–Trinajstić information content (AvgIpc) is 3.11. The molecule has 6 nitrogen and oxygen atoms in total. The van der Waals surface area contributed by atoms with Crippen molar-refractivity contribution in [1.29, 1.82) is 0 Å². The second-order valence-electron chi connectivity index (χ2n) is 7.79. The lowest BCUT2D eigenvalue weighted by Gasteiger charge is -2.22. The summed E-state index contributed by atoms with van der Waals surface area (Å²) in [7, 11) is 1.58. The minimum absolute atomic E-state index is 0.0720. The lowest BCUT2D eigenvalue weighted by molar-refractivity contribution is -0.126. The van der Waals surface area contributed by atoms with E-state index in [1.165, 1.54) is 0 Å². The molecule has 6 heteroatoms. The van der Waals surface area contributed by atoms with E-state index in [4.69, 9.17) is 9.47 Å². The van der Waals surface area contributed by atoms with Crippen LogP contribution in [0, 0.1) is 19.8 Å². The largest absolute Gasteiger partial charge is 0.495 e. The molecule has 0 aromatic heterocycles. The zero-order chi connectivity index (χ0) is 21.8. The van der Waals surface area contributed by atoms with Gasteiger partial charge >= 0.3 is 0 Å². The van der Waals surface area contributed by atoms with Crippen LogP contribution in [0.1, 0.15) is 43.0 Å². The van der Waals surface area contributed by atoms with Crippen LogP contribution in [0.25, 0.3) is 0 Å². The van der Waals surface area contributed by atoms with Crippen LogP contribution in [0.2, 0.25) is 0 Å². The molecular weight excluding hydrogens is 380 g/mol. The molecule has 3 rings (SSSR count). The maximum absolute atomic E-state index is 13.0. The molecule has 30 heavy (non-hydrogen) atoms. The van der Waals surface area contributed by atoms with Gasteiger partial charge < -0.3 is 19.7 Å². The standard InChI is InChI=1S/C24H30N2O4/c1-6-30-21-9-7-15(2)11-19(21)17(4)25-24(28)18-13-23(27)26(14-18)20-12-16(3)8-10-22(20)29-5/h7-12,17-18H,6,13-14H2,1-5H3,(H,25,28). The van der Waals surface area contributed by atoms with Crippen LogP contribution in [0.5, 0.6) is 11.5 Å². The van der Waals surface area contributed by atoms with Gasteiger partial charge in [-0.1, -0.05) is 23.8 Å². The first-order valence-corrected chi connectivity index (χ1v) is 10.3. The number of nitrogens with one attached hydrogen (secondary N) is 1. The normalized spacial score (nSPS) is 17.0. The van der Waals surface area contributed by atoms with Crippen LogP contribution in [0.4, 0.5) is 5.69 Å². The summed E-state index contributed by atoms with van der Waals surface area (Å²) >= 11 is 0. The Morgan fingerprint density at radius 1 is 1.17 bits per heavy atom. The van der Waals surface area contributed by atoms with E-state index < -0.39 is 5.92 Å². The van der Waals surface area contributed by atoms with Gasteiger partial charge in [0.15, 0.2) is 0 Å². The van der Waals surface area contributed by atoms with E-state index in [9.17, 15) is 9.59 Å². The molecule has 0 spiro atoms. The molecule has 2 aromatic rings. The average molecular weight is 411 g/mol. The lowest BCUT2D eigenvalue weighted by atomic mass is 10.0. The highest BCUT2D eigenvalue weighted by atomic mass is 16.5. The van der Waals surface area contributed by atoms with Gasteiger partial charge in [-0.2, -0.15) is 0 Å². The van der Waals surface area contributed by atoms with E-state index in [1.807, 2.05) is 64.1 Å². The molecule has 0 radical (unpaired) electrons. The first-order chi connectivity index (χ1) is 14.3. The quantitative estimate of drug-likeness (QED) is 0.751. The summed E-state index contributed by atoms with van der Waals surface area (Å²) < 4.78 is 11.1. The third-order valence-electron chi connectivity index (χ3n) is 5.41. The molecular formula is C24H30N2O4. The van der Waals surface area contributed by atoms with Crippen molar-refractivity contribution < 1.29 is 19.1 Å². The van der Waals surface area contributed by atoms with Gasteiger partial charge in [0.05, 0.1) is 31.4 Å². The number of nitrogens with zero attached hydrogens (tertiary/aromatic N) is 1. The highest BCUT2D eigenvalue weighted by Gasteiger charge is 2.37. The van der Waals surface area contributed by atoms with Crippen molar-refractivity contribution in [1.82, 2.24) is 5.32 Å². The first-order valence-electron chi connectivity index (χ1n) is 10.3. The Hall–Kier alpha value is -3.02. The predicted molar refractivity (Wildman–Crippen MR) is 117 cm³/mol. The van der Waals surface area contributed by atoms with Crippen LogP contribution in [-0.4, -0.2) is 32.1 Å². The molecule has 2 unspecified atom stereocenters. The fourth-order valence-corrected chi connectivity index (χ4v) is 3.83. The number of amides is 2. The summed E-state index contributed by atoms with van der Waals surface area (Å²) in [6.45, 7) is 8.74. The number of aryl methyl sites for hydroxylation is 2. The minimum atomic E-state index is -0.412. The van der Waals surface area contributed by atoms with E-state index >= 15 is 0 Å². The zero-order valence-corrected chi connectivity index (χ0v) is 18.3. The number of hydrogen-bond donors (Lipinski definition) is 1. The van der Waals surface area contributed by atoms with E-state index in [2.05, 4.69) is 5.32 Å². The third-order valence-corrected chi connectivity index (χ3v) is 5.41. The van der Waals surface area contributed by atoms with Gasteiger partial charge in [-0.15, -0.1) is 0 Å². The molecule has 1 heterocycles. The molecule has 1 N–H and O–H groups in total. The molecule has 1 fully saturated rings. The fraction of sp³-hybridized carbons (Fsp3) is 0.417. The van der Waals surface area contributed by atoms with Gasteiger partial charge in [-0.3, -0.25) is 9.59 Å². The molecule has 0 saturated carbocycles. The molecule has 1 aliphatic rings. The van der Waals surface area contributed by atoms with Gasteiger partial charge in [0.1, 0.15) is 11.5 Å². The zero-order valence-electron chi connectivity index (χ0n) is 18.3. The number of hydrogen-bond acceptors (Lipinski definition) is 4. The van der Waals surface area contributed by atoms with Crippen LogP contribution in [0.15, 0.2) is 36.4 Å². The van der Waals surface area contributed by atoms with Crippen molar-refractivity contribution in [2.45, 2.75) is 40.2 Å². The van der Waals surface area contributed by atoms with E-state index in [-0.39, 0.29) is 24.3 Å². The Morgan fingerprint density at radius 3 is 2.50 bits per heavy atom.